The summed E-state index contributed by atoms with van der Waals surface area (Å²) in [5.74, 6) is -1.03. The van der Waals surface area contributed by atoms with Crippen LogP contribution in [0.15, 0.2) is 53.4 Å². The highest BCUT2D eigenvalue weighted by molar-refractivity contribution is 7.92. The smallest absolute Gasteiger partial charge is 0.340 e. The molecule has 29 heavy (non-hydrogen) atoms. The number of hydrogen-bond donors (Lipinski definition) is 1. The molecular weight excluding hydrogens is 416 g/mol. The normalized spacial score (nSPS) is 14.3. The van der Waals surface area contributed by atoms with Gasteiger partial charge in [0.05, 0.1) is 16.1 Å². The van der Waals surface area contributed by atoms with Gasteiger partial charge in [-0.05, 0) is 55.7 Å². The number of nitrogens with one attached hydrogen (secondary N) is 1. The Morgan fingerprint density at radius 1 is 1.00 bits per heavy atom. The van der Waals surface area contributed by atoms with E-state index in [2.05, 4.69) is 4.72 Å². The molecule has 0 radical (unpaired) electrons. The number of amides is 1. The number of carbonyl (C=O) groups is 2. The fraction of sp³-hybridized carbons (Fsp3) is 0.300. The SMILES string of the molecule is O=C(OCC(=O)N1CCCCC1)c1ccccc1NS(=O)(=O)c1ccc(Cl)cc1. The van der Waals surface area contributed by atoms with Gasteiger partial charge in [0.15, 0.2) is 6.61 Å². The summed E-state index contributed by atoms with van der Waals surface area (Å²) in [4.78, 5) is 26.3. The molecule has 1 amide bonds. The first-order valence-corrected chi connectivity index (χ1v) is 11.1. The second-order valence-electron chi connectivity index (χ2n) is 6.62. The van der Waals surface area contributed by atoms with Crippen molar-refractivity contribution in [2.24, 2.45) is 0 Å². The van der Waals surface area contributed by atoms with Gasteiger partial charge < -0.3 is 9.64 Å². The van der Waals surface area contributed by atoms with Crippen LogP contribution in [0.1, 0.15) is 29.6 Å². The molecule has 0 bridgehead atoms. The van der Waals surface area contributed by atoms with Crippen LogP contribution in [-0.4, -0.2) is 44.9 Å². The lowest BCUT2D eigenvalue weighted by atomic mass is 10.1. The number of rotatable bonds is 6. The average molecular weight is 437 g/mol. The Labute approximate surface area is 174 Å². The first-order valence-electron chi connectivity index (χ1n) is 9.19. The molecule has 1 saturated heterocycles. The highest BCUT2D eigenvalue weighted by Gasteiger charge is 2.22. The van der Waals surface area contributed by atoms with Crippen molar-refractivity contribution < 1.29 is 22.7 Å². The summed E-state index contributed by atoms with van der Waals surface area (Å²) < 4.78 is 32.7. The molecule has 2 aromatic carbocycles. The Morgan fingerprint density at radius 3 is 2.34 bits per heavy atom. The molecule has 1 fully saturated rings. The third kappa shape index (κ3) is 5.48. The second kappa shape index (κ2) is 9.28. The predicted molar refractivity (Wildman–Crippen MR) is 109 cm³/mol. The van der Waals surface area contributed by atoms with E-state index >= 15 is 0 Å². The lowest BCUT2D eigenvalue weighted by Crippen LogP contribution is -2.38. The standard InChI is InChI=1S/C20H21ClN2O5S/c21-15-8-10-16(11-9-15)29(26,27)22-18-7-3-2-6-17(18)20(25)28-14-19(24)23-12-4-1-5-13-23/h2-3,6-11,22H,1,4-5,12-14H2. The molecule has 2 aromatic rings. The number of esters is 1. The fourth-order valence-corrected chi connectivity index (χ4v) is 4.21. The number of para-hydroxylation sites is 1. The molecule has 0 atom stereocenters. The van der Waals surface area contributed by atoms with Crippen LogP contribution in [0.5, 0.6) is 0 Å². The first-order chi connectivity index (χ1) is 13.9. The minimum Gasteiger partial charge on any atom is -0.452 e. The lowest BCUT2D eigenvalue weighted by molar-refractivity contribution is -0.135. The molecule has 3 rings (SSSR count). The second-order valence-corrected chi connectivity index (χ2v) is 8.74. The molecule has 9 heteroatoms. The molecule has 1 heterocycles. The van der Waals surface area contributed by atoms with Gasteiger partial charge in [-0.25, -0.2) is 13.2 Å². The van der Waals surface area contributed by atoms with E-state index in [4.69, 9.17) is 16.3 Å². The summed E-state index contributed by atoms with van der Waals surface area (Å²) in [6, 6.07) is 11.7. The molecule has 0 saturated carbocycles. The molecule has 1 aliphatic heterocycles. The lowest BCUT2D eigenvalue weighted by Gasteiger charge is -2.26. The maximum absolute atomic E-state index is 12.6. The molecule has 154 valence electrons. The Balaban J connectivity index is 1.70. The summed E-state index contributed by atoms with van der Waals surface area (Å²) in [6.45, 7) is 0.943. The molecule has 0 aromatic heterocycles. The summed E-state index contributed by atoms with van der Waals surface area (Å²) in [5.41, 5.74) is 0.0920. The Bertz CT molecular complexity index is 986. The molecule has 0 unspecified atom stereocenters. The summed E-state index contributed by atoms with van der Waals surface area (Å²) >= 11 is 5.80. The zero-order valence-corrected chi connectivity index (χ0v) is 17.2. The zero-order chi connectivity index (χ0) is 20.9. The number of ether oxygens (including phenoxy) is 1. The highest BCUT2D eigenvalue weighted by Crippen LogP contribution is 2.22. The molecular formula is C20H21ClN2O5S. The van der Waals surface area contributed by atoms with E-state index < -0.39 is 16.0 Å². The molecule has 1 aliphatic rings. The van der Waals surface area contributed by atoms with Crippen LogP contribution in [0.2, 0.25) is 5.02 Å². The number of likely N-dealkylation sites (tertiary alicyclic amines) is 1. The molecule has 7 nitrogen and oxygen atoms in total. The number of halogens is 1. The van der Waals surface area contributed by atoms with Crippen molar-refractivity contribution in [2.75, 3.05) is 24.4 Å². The van der Waals surface area contributed by atoms with Crippen molar-refractivity contribution in [3.63, 3.8) is 0 Å². The van der Waals surface area contributed by atoms with Crippen molar-refractivity contribution in [1.29, 1.82) is 0 Å². The van der Waals surface area contributed by atoms with Crippen molar-refractivity contribution in [1.82, 2.24) is 4.90 Å². The topological polar surface area (TPSA) is 92.8 Å². The quantitative estimate of drug-likeness (QED) is 0.701. The molecule has 0 spiro atoms. The number of benzene rings is 2. The number of nitrogens with zero attached hydrogens (tertiary/aromatic N) is 1. The maximum atomic E-state index is 12.6. The minimum atomic E-state index is -3.93. The van der Waals surface area contributed by atoms with E-state index in [-0.39, 0.29) is 28.7 Å². The molecule has 0 aliphatic carbocycles. The Kier molecular flexibility index (Phi) is 6.76. The third-order valence-electron chi connectivity index (χ3n) is 4.55. The third-order valence-corrected chi connectivity index (χ3v) is 6.18. The number of hydrogen-bond acceptors (Lipinski definition) is 5. The van der Waals surface area contributed by atoms with E-state index in [1.54, 1.807) is 17.0 Å². The monoisotopic (exact) mass is 436 g/mol. The van der Waals surface area contributed by atoms with Crippen LogP contribution in [0.4, 0.5) is 5.69 Å². The maximum Gasteiger partial charge on any atom is 0.340 e. The number of piperidine rings is 1. The summed E-state index contributed by atoms with van der Waals surface area (Å²) in [6.07, 6.45) is 2.97. The van der Waals surface area contributed by atoms with Crippen LogP contribution in [0.3, 0.4) is 0 Å². The zero-order valence-electron chi connectivity index (χ0n) is 15.6. The molecule has 1 N–H and O–H groups in total. The Morgan fingerprint density at radius 2 is 1.66 bits per heavy atom. The van der Waals surface area contributed by atoms with Crippen LogP contribution in [-0.2, 0) is 19.6 Å². The summed E-state index contributed by atoms with van der Waals surface area (Å²) in [5, 5.41) is 0.409. The van der Waals surface area contributed by atoms with Crippen molar-refractivity contribution in [3.05, 3.63) is 59.1 Å². The van der Waals surface area contributed by atoms with Gasteiger partial charge in [0, 0.05) is 18.1 Å². The van der Waals surface area contributed by atoms with E-state index in [9.17, 15) is 18.0 Å². The van der Waals surface area contributed by atoms with Crippen molar-refractivity contribution >= 4 is 39.2 Å². The predicted octanol–water partition coefficient (Wildman–Crippen LogP) is 3.31. The van der Waals surface area contributed by atoms with Gasteiger partial charge in [0.2, 0.25) is 0 Å². The van der Waals surface area contributed by atoms with E-state index in [0.29, 0.717) is 18.1 Å². The fourth-order valence-electron chi connectivity index (χ4n) is 3.01. The Hall–Kier alpha value is -2.58. The van der Waals surface area contributed by atoms with Gasteiger partial charge >= 0.3 is 5.97 Å². The average Bonchev–Trinajstić information content (AvgIpc) is 2.73. The van der Waals surface area contributed by atoms with Crippen LogP contribution in [0.25, 0.3) is 0 Å². The van der Waals surface area contributed by atoms with E-state index in [0.717, 1.165) is 19.3 Å². The number of anilines is 1. The van der Waals surface area contributed by atoms with Crippen LogP contribution < -0.4 is 4.72 Å². The van der Waals surface area contributed by atoms with Gasteiger partial charge in [0.25, 0.3) is 15.9 Å². The van der Waals surface area contributed by atoms with E-state index in [1.165, 1.54) is 36.4 Å². The highest BCUT2D eigenvalue weighted by atomic mass is 35.5. The number of carbonyl (C=O) groups excluding carboxylic acids is 2. The van der Waals surface area contributed by atoms with Gasteiger partial charge in [-0.3, -0.25) is 9.52 Å². The number of sulfonamides is 1. The van der Waals surface area contributed by atoms with Gasteiger partial charge in [-0.15, -0.1) is 0 Å². The van der Waals surface area contributed by atoms with Gasteiger partial charge in [0.1, 0.15) is 0 Å². The van der Waals surface area contributed by atoms with Gasteiger partial charge in [-0.2, -0.15) is 0 Å². The van der Waals surface area contributed by atoms with E-state index in [1.807, 2.05) is 0 Å². The van der Waals surface area contributed by atoms with Gasteiger partial charge in [-0.1, -0.05) is 23.7 Å². The largest absolute Gasteiger partial charge is 0.452 e. The minimum absolute atomic E-state index is 0.00495. The van der Waals surface area contributed by atoms with Crippen molar-refractivity contribution in [3.8, 4) is 0 Å². The summed E-state index contributed by atoms with van der Waals surface area (Å²) in [7, 11) is -3.93. The first kappa shape index (κ1) is 21.1. The van der Waals surface area contributed by atoms with Crippen LogP contribution in [0, 0.1) is 0 Å². The van der Waals surface area contributed by atoms with Crippen LogP contribution >= 0.6 is 11.6 Å². The van der Waals surface area contributed by atoms with Crippen molar-refractivity contribution in [2.45, 2.75) is 24.2 Å².